The number of carbonyl (C=O) groups excluding carboxylic acids is 3. The third-order valence-electron chi connectivity index (χ3n) is 7.98. The quantitative estimate of drug-likeness (QED) is 0.478. The van der Waals surface area contributed by atoms with Gasteiger partial charge in [-0.15, -0.1) is 0 Å². The Kier molecular flexibility index (Phi) is 6.78. The van der Waals surface area contributed by atoms with Crippen molar-refractivity contribution >= 4 is 23.2 Å². The van der Waals surface area contributed by atoms with E-state index >= 15 is 0 Å². The van der Waals surface area contributed by atoms with Crippen LogP contribution >= 0.6 is 0 Å². The minimum absolute atomic E-state index is 0.0606. The summed E-state index contributed by atoms with van der Waals surface area (Å²) in [5, 5.41) is 6.49. The van der Waals surface area contributed by atoms with Gasteiger partial charge in [-0.3, -0.25) is 14.4 Å². The molecule has 1 heterocycles. The summed E-state index contributed by atoms with van der Waals surface area (Å²) in [6.07, 6.45) is 2.32. The summed E-state index contributed by atoms with van der Waals surface area (Å²) in [4.78, 5) is 40.1. The number of carbonyl (C=O) groups is 3. The molecule has 0 bridgehead atoms. The van der Waals surface area contributed by atoms with Crippen LogP contribution in [0.3, 0.4) is 0 Å². The number of para-hydroxylation sites is 1. The fraction of sp³-hybridized carbons (Fsp3) is 0.424. The molecule has 0 saturated heterocycles. The molecule has 0 saturated carbocycles. The van der Waals surface area contributed by atoms with Crippen molar-refractivity contribution in [2.75, 3.05) is 11.9 Å². The van der Waals surface area contributed by atoms with Gasteiger partial charge in [0, 0.05) is 52.6 Å². The van der Waals surface area contributed by atoms with E-state index in [0.29, 0.717) is 29.7 Å². The minimum Gasteiger partial charge on any atom is -0.483 e. The van der Waals surface area contributed by atoms with Gasteiger partial charge >= 0.3 is 0 Å². The zero-order chi connectivity index (χ0) is 28.1. The summed E-state index contributed by atoms with van der Waals surface area (Å²) in [6, 6.07) is 13.4. The Morgan fingerprint density at radius 3 is 2.10 bits per heavy atom. The van der Waals surface area contributed by atoms with Crippen LogP contribution in [0.2, 0.25) is 0 Å². The largest absolute Gasteiger partial charge is 0.483 e. The Morgan fingerprint density at radius 1 is 0.897 bits per heavy atom. The van der Waals surface area contributed by atoms with Gasteiger partial charge < -0.3 is 15.4 Å². The van der Waals surface area contributed by atoms with Gasteiger partial charge in [-0.1, -0.05) is 58.0 Å². The normalized spacial score (nSPS) is 20.3. The smallest absolute Gasteiger partial charge is 0.262 e. The fourth-order valence-electron chi connectivity index (χ4n) is 6.25. The summed E-state index contributed by atoms with van der Waals surface area (Å²) in [6.45, 7) is 12.2. The molecule has 6 heteroatoms. The van der Waals surface area contributed by atoms with Gasteiger partial charge in [0.15, 0.2) is 18.2 Å². The number of Topliss-reactive ketones (excluding diaryl/α,β-unsaturated/α-hetero) is 2. The lowest BCUT2D eigenvalue weighted by Gasteiger charge is -2.44. The van der Waals surface area contributed by atoms with E-state index in [-0.39, 0.29) is 34.9 Å². The van der Waals surface area contributed by atoms with Crippen molar-refractivity contribution in [3.63, 3.8) is 0 Å². The highest BCUT2D eigenvalue weighted by molar-refractivity contribution is 6.07. The maximum atomic E-state index is 13.6. The van der Waals surface area contributed by atoms with Gasteiger partial charge in [-0.05, 0) is 60.8 Å². The third-order valence-corrected chi connectivity index (χ3v) is 7.98. The van der Waals surface area contributed by atoms with Crippen LogP contribution in [-0.4, -0.2) is 24.1 Å². The van der Waals surface area contributed by atoms with E-state index in [9.17, 15) is 14.4 Å². The molecule has 2 aromatic rings. The van der Waals surface area contributed by atoms with Crippen molar-refractivity contribution in [2.24, 2.45) is 10.8 Å². The monoisotopic (exact) mass is 526 g/mol. The molecule has 0 atom stereocenters. The first kappa shape index (κ1) is 26.9. The van der Waals surface area contributed by atoms with E-state index in [0.717, 1.165) is 46.6 Å². The molecule has 6 nitrogen and oxygen atoms in total. The molecule has 39 heavy (non-hydrogen) atoms. The standard InChI is InChI=1S/C33H38N2O4/c1-19-11-12-20(2)22(13-19)35-28(38)18-39-27-10-8-7-9-21(27)29-30-23(14-32(3,4)16-25(30)36)34-24-15-33(5,6)17-26(37)31(24)29/h7-13,29,34H,14-18H2,1-6H3,(H,35,38). The third kappa shape index (κ3) is 5.42. The Hall–Kier alpha value is -3.67. The number of dihydropyridines is 1. The first-order valence-electron chi connectivity index (χ1n) is 13.7. The Morgan fingerprint density at radius 2 is 1.49 bits per heavy atom. The highest BCUT2D eigenvalue weighted by Gasteiger charge is 2.47. The van der Waals surface area contributed by atoms with Gasteiger partial charge in [0.05, 0.1) is 0 Å². The molecule has 0 radical (unpaired) electrons. The number of allylic oxidation sites excluding steroid dienone is 4. The number of nitrogens with one attached hydrogen (secondary N) is 2. The number of hydrogen-bond acceptors (Lipinski definition) is 5. The van der Waals surface area contributed by atoms with Crippen molar-refractivity contribution in [1.29, 1.82) is 0 Å². The van der Waals surface area contributed by atoms with Crippen molar-refractivity contribution < 1.29 is 19.1 Å². The van der Waals surface area contributed by atoms with Gasteiger partial charge in [0.2, 0.25) is 0 Å². The molecule has 1 amide bonds. The zero-order valence-electron chi connectivity index (χ0n) is 23.8. The SMILES string of the molecule is Cc1ccc(C)c(NC(=O)COc2ccccc2C2C3=C(CC(C)(C)CC3=O)NC3=C2C(=O)CC(C)(C)C3)c1. The topological polar surface area (TPSA) is 84.5 Å². The predicted molar refractivity (Wildman–Crippen MR) is 152 cm³/mol. The molecule has 2 aliphatic carbocycles. The number of aryl methyl sites for hydroxylation is 2. The van der Waals surface area contributed by atoms with E-state index in [4.69, 9.17) is 4.74 Å². The highest BCUT2D eigenvalue weighted by atomic mass is 16.5. The van der Waals surface area contributed by atoms with Gasteiger partial charge in [0.25, 0.3) is 5.91 Å². The maximum absolute atomic E-state index is 13.6. The van der Waals surface area contributed by atoms with Crippen molar-refractivity contribution in [2.45, 2.75) is 73.1 Å². The van der Waals surface area contributed by atoms with Crippen molar-refractivity contribution in [3.8, 4) is 5.75 Å². The second-order valence-corrected chi connectivity index (χ2v) is 12.9. The number of rotatable bonds is 5. The lowest BCUT2D eigenvalue weighted by atomic mass is 9.64. The molecule has 0 fully saturated rings. The van der Waals surface area contributed by atoms with Crippen LogP contribution in [0.4, 0.5) is 5.69 Å². The van der Waals surface area contributed by atoms with Gasteiger partial charge in [0.1, 0.15) is 5.75 Å². The van der Waals surface area contributed by atoms with E-state index in [1.807, 2.05) is 56.3 Å². The van der Waals surface area contributed by atoms with E-state index < -0.39 is 5.92 Å². The molecule has 2 aromatic carbocycles. The molecule has 1 aliphatic heterocycles. The average molecular weight is 527 g/mol. The van der Waals surface area contributed by atoms with Crippen LogP contribution in [-0.2, 0) is 14.4 Å². The first-order chi connectivity index (χ1) is 18.3. The fourth-order valence-corrected chi connectivity index (χ4v) is 6.25. The summed E-state index contributed by atoms with van der Waals surface area (Å²) < 4.78 is 6.11. The number of benzene rings is 2. The molecule has 0 aromatic heterocycles. The molecule has 0 unspecified atom stereocenters. The lowest BCUT2D eigenvalue weighted by molar-refractivity contribution is -0.120. The number of anilines is 1. The Balaban J connectivity index is 1.50. The van der Waals surface area contributed by atoms with Crippen LogP contribution < -0.4 is 15.4 Å². The molecule has 204 valence electrons. The van der Waals surface area contributed by atoms with E-state index in [2.05, 4.69) is 38.3 Å². The molecular formula is C33H38N2O4. The average Bonchev–Trinajstić information content (AvgIpc) is 2.82. The van der Waals surface area contributed by atoms with E-state index in [1.165, 1.54) is 0 Å². The van der Waals surface area contributed by atoms with Gasteiger partial charge in [-0.2, -0.15) is 0 Å². The van der Waals surface area contributed by atoms with Crippen LogP contribution in [0.15, 0.2) is 65.0 Å². The Labute approximate surface area is 230 Å². The molecule has 5 rings (SSSR count). The first-order valence-corrected chi connectivity index (χ1v) is 13.7. The predicted octanol–water partition coefficient (Wildman–Crippen LogP) is 6.29. The van der Waals surface area contributed by atoms with Crippen molar-refractivity contribution in [1.82, 2.24) is 5.32 Å². The number of ketones is 2. The summed E-state index contributed by atoms with van der Waals surface area (Å²) in [7, 11) is 0. The summed E-state index contributed by atoms with van der Waals surface area (Å²) in [5.74, 6) is -0.151. The maximum Gasteiger partial charge on any atom is 0.262 e. The second kappa shape index (κ2) is 9.82. The summed E-state index contributed by atoms with van der Waals surface area (Å²) in [5.41, 5.74) is 6.35. The minimum atomic E-state index is -0.512. The zero-order valence-corrected chi connectivity index (χ0v) is 23.8. The highest BCUT2D eigenvalue weighted by Crippen LogP contribution is 2.52. The van der Waals surface area contributed by atoms with Crippen LogP contribution in [0.5, 0.6) is 5.75 Å². The number of hydrogen-bond donors (Lipinski definition) is 2. The lowest BCUT2D eigenvalue weighted by Crippen LogP contribution is -2.42. The molecule has 2 N–H and O–H groups in total. The molecular weight excluding hydrogens is 488 g/mol. The van der Waals surface area contributed by atoms with Gasteiger partial charge in [-0.25, -0.2) is 0 Å². The molecule has 3 aliphatic rings. The molecule has 0 spiro atoms. The number of amides is 1. The summed E-state index contributed by atoms with van der Waals surface area (Å²) >= 11 is 0. The van der Waals surface area contributed by atoms with Crippen LogP contribution in [0.1, 0.15) is 76.0 Å². The van der Waals surface area contributed by atoms with Crippen LogP contribution in [0, 0.1) is 24.7 Å². The van der Waals surface area contributed by atoms with Crippen molar-refractivity contribution in [3.05, 3.63) is 81.7 Å². The van der Waals surface area contributed by atoms with Crippen LogP contribution in [0.25, 0.3) is 0 Å². The second-order valence-electron chi connectivity index (χ2n) is 12.9. The Bertz CT molecular complexity index is 1390. The number of ether oxygens (including phenoxy) is 1. The van der Waals surface area contributed by atoms with E-state index in [1.54, 1.807) is 0 Å².